The predicted octanol–water partition coefficient (Wildman–Crippen LogP) is 1.69. The molecule has 134 valence electrons. The van der Waals surface area contributed by atoms with Crippen LogP contribution >= 0.6 is 0 Å². The zero-order valence-electron chi connectivity index (χ0n) is 15.3. The summed E-state index contributed by atoms with van der Waals surface area (Å²) in [6.45, 7) is 4.52. The van der Waals surface area contributed by atoms with Crippen molar-refractivity contribution in [2.75, 3.05) is 50.1 Å². The summed E-state index contributed by atoms with van der Waals surface area (Å²) in [5, 5.41) is 9.00. The molecule has 2 aromatic rings. The number of nitriles is 1. The van der Waals surface area contributed by atoms with Crippen molar-refractivity contribution in [1.82, 2.24) is 14.9 Å². The maximum Gasteiger partial charge on any atom is 0.254 e. The second-order valence-corrected chi connectivity index (χ2v) is 6.53. The summed E-state index contributed by atoms with van der Waals surface area (Å²) in [6.07, 6.45) is 0. The molecule has 26 heavy (non-hydrogen) atoms. The highest BCUT2D eigenvalue weighted by molar-refractivity contribution is 5.94. The molecular formula is C19H22N6O. The molecule has 0 bridgehead atoms. The van der Waals surface area contributed by atoms with E-state index in [1.807, 2.05) is 36.9 Å². The molecule has 0 unspecified atom stereocenters. The molecule has 3 rings (SSSR count). The van der Waals surface area contributed by atoms with Gasteiger partial charge in [-0.2, -0.15) is 10.2 Å². The maximum absolute atomic E-state index is 12.7. The third-order valence-corrected chi connectivity index (χ3v) is 4.38. The number of benzene rings is 1. The van der Waals surface area contributed by atoms with Gasteiger partial charge in [-0.3, -0.25) is 4.79 Å². The molecule has 0 N–H and O–H groups in total. The van der Waals surface area contributed by atoms with Crippen LogP contribution in [0.5, 0.6) is 0 Å². The first kappa shape index (κ1) is 17.7. The first-order chi connectivity index (χ1) is 12.5. The maximum atomic E-state index is 12.7. The molecule has 7 nitrogen and oxygen atoms in total. The number of nitrogens with zero attached hydrogens (tertiary/aromatic N) is 6. The van der Waals surface area contributed by atoms with Gasteiger partial charge in [0.05, 0.1) is 11.6 Å². The van der Waals surface area contributed by atoms with Gasteiger partial charge in [0.25, 0.3) is 5.91 Å². The minimum absolute atomic E-state index is 0.0408. The number of aromatic nitrogens is 2. The molecule has 1 aliphatic rings. The van der Waals surface area contributed by atoms with Crippen molar-refractivity contribution in [2.45, 2.75) is 6.92 Å². The average molecular weight is 350 g/mol. The lowest BCUT2D eigenvalue weighted by Crippen LogP contribution is -2.49. The van der Waals surface area contributed by atoms with E-state index < -0.39 is 0 Å². The van der Waals surface area contributed by atoms with E-state index in [-0.39, 0.29) is 5.91 Å². The van der Waals surface area contributed by atoms with E-state index in [4.69, 9.17) is 5.26 Å². The zero-order valence-corrected chi connectivity index (χ0v) is 15.3. The number of aryl methyl sites for hydroxylation is 1. The number of hydrogen-bond acceptors (Lipinski definition) is 6. The van der Waals surface area contributed by atoms with E-state index in [9.17, 15) is 4.79 Å². The molecule has 0 atom stereocenters. The number of piperazine rings is 1. The Kier molecular flexibility index (Phi) is 5.03. The highest BCUT2D eigenvalue weighted by Crippen LogP contribution is 2.18. The largest absolute Gasteiger partial charge is 0.363 e. The quantitative estimate of drug-likeness (QED) is 0.838. The molecule has 2 heterocycles. The Morgan fingerprint density at radius 1 is 1.15 bits per heavy atom. The number of hydrogen-bond donors (Lipinski definition) is 0. The third kappa shape index (κ3) is 3.75. The fourth-order valence-electron chi connectivity index (χ4n) is 2.92. The molecule has 0 radical (unpaired) electrons. The highest BCUT2D eigenvalue weighted by atomic mass is 16.2. The number of rotatable bonds is 3. The Morgan fingerprint density at radius 2 is 1.88 bits per heavy atom. The van der Waals surface area contributed by atoms with Gasteiger partial charge in [-0.15, -0.1) is 0 Å². The van der Waals surface area contributed by atoms with Crippen molar-refractivity contribution in [3.8, 4) is 6.07 Å². The normalized spacial score (nSPS) is 14.1. The monoisotopic (exact) mass is 350 g/mol. The minimum Gasteiger partial charge on any atom is -0.363 e. The first-order valence-corrected chi connectivity index (χ1v) is 8.55. The van der Waals surface area contributed by atoms with Crippen LogP contribution in [0.2, 0.25) is 0 Å². The van der Waals surface area contributed by atoms with E-state index in [2.05, 4.69) is 20.9 Å². The van der Waals surface area contributed by atoms with E-state index >= 15 is 0 Å². The van der Waals surface area contributed by atoms with Gasteiger partial charge in [0.15, 0.2) is 0 Å². The van der Waals surface area contributed by atoms with Crippen LogP contribution in [0.25, 0.3) is 0 Å². The molecule has 1 aromatic carbocycles. The van der Waals surface area contributed by atoms with E-state index in [0.717, 1.165) is 11.5 Å². The fraction of sp³-hybridized carbons (Fsp3) is 0.368. The summed E-state index contributed by atoms with van der Waals surface area (Å²) >= 11 is 0. The van der Waals surface area contributed by atoms with Gasteiger partial charge in [-0.05, 0) is 25.1 Å². The van der Waals surface area contributed by atoms with Crippen LogP contribution in [0.1, 0.15) is 21.6 Å². The summed E-state index contributed by atoms with van der Waals surface area (Å²) in [7, 11) is 3.91. The molecule has 1 aromatic heterocycles. The average Bonchev–Trinajstić information content (AvgIpc) is 2.67. The van der Waals surface area contributed by atoms with Gasteiger partial charge in [-0.1, -0.05) is 6.07 Å². The van der Waals surface area contributed by atoms with Crippen molar-refractivity contribution in [3.63, 3.8) is 0 Å². The van der Waals surface area contributed by atoms with Crippen molar-refractivity contribution in [1.29, 1.82) is 5.26 Å². The Balaban J connectivity index is 1.69. The highest BCUT2D eigenvalue weighted by Gasteiger charge is 2.24. The molecule has 1 saturated heterocycles. The van der Waals surface area contributed by atoms with Gasteiger partial charge >= 0.3 is 0 Å². The number of anilines is 2. The Hall–Kier alpha value is -3.14. The standard InChI is InChI=1S/C19H22N6O/c1-14-11-17(23(2)3)22-19(21-14)25-9-7-24(8-10-25)18(26)16-6-4-5-15(12-16)13-20/h4-6,11-12H,7-10H2,1-3H3. The zero-order chi connectivity index (χ0) is 18.7. The molecular weight excluding hydrogens is 328 g/mol. The lowest BCUT2D eigenvalue weighted by molar-refractivity contribution is 0.0746. The lowest BCUT2D eigenvalue weighted by Gasteiger charge is -2.35. The Bertz CT molecular complexity index is 849. The van der Waals surface area contributed by atoms with Crippen molar-refractivity contribution in [3.05, 3.63) is 47.2 Å². The molecule has 7 heteroatoms. The van der Waals surface area contributed by atoms with Crippen LogP contribution in [0.3, 0.4) is 0 Å². The molecule has 0 aliphatic carbocycles. The predicted molar refractivity (Wildman–Crippen MR) is 100 cm³/mol. The Morgan fingerprint density at radius 3 is 2.54 bits per heavy atom. The summed E-state index contributed by atoms with van der Waals surface area (Å²) < 4.78 is 0. The van der Waals surface area contributed by atoms with Crippen LogP contribution in [-0.4, -0.2) is 61.0 Å². The molecule has 1 amide bonds. The summed E-state index contributed by atoms with van der Waals surface area (Å²) in [4.78, 5) is 27.7. The molecule has 1 aliphatic heterocycles. The van der Waals surface area contributed by atoms with Crippen LogP contribution < -0.4 is 9.80 Å². The second kappa shape index (κ2) is 7.40. The van der Waals surface area contributed by atoms with Gasteiger partial charge in [0.2, 0.25) is 5.95 Å². The van der Waals surface area contributed by atoms with Gasteiger partial charge in [0.1, 0.15) is 5.82 Å². The number of carbonyl (C=O) groups excluding carboxylic acids is 1. The number of carbonyl (C=O) groups is 1. The molecule has 0 saturated carbocycles. The van der Waals surface area contributed by atoms with E-state index in [0.29, 0.717) is 43.3 Å². The van der Waals surface area contributed by atoms with E-state index in [1.54, 1.807) is 24.3 Å². The molecule has 0 spiro atoms. The number of amides is 1. The van der Waals surface area contributed by atoms with Crippen LogP contribution in [-0.2, 0) is 0 Å². The molecule has 1 fully saturated rings. The minimum atomic E-state index is -0.0408. The Labute approximate surface area is 153 Å². The van der Waals surface area contributed by atoms with Gasteiger partial charge < -0.3 is 14.7 Å². The lowest BCUT2D eigenvalue weighted by atomic mass is 10.1. The van der Waals surface area contributed by atoms with E-state index in [1.165, 1.54) is 0 Å². The van der Waals surface area contributed by atoms with Crippen molar-refractivity contribution >= 4 is 17.7 Å². The van der Waals surface area contributed by atoms with Crippen molar-refractivity contribution in [2.24, 2.45) is 0 Å². The smallest absolute Gasteiger partial charge is 0.254 e. The van der Waals surface area contributed by atoms with Gasteiger partial charge in [0, 0.05) is 57.6 Å². The second-order valence-electron chi connectivity index (χ2n) is 6.53. The summed E-state index contributed by atoms with van der Waals surface area (Å²) in [6, 6.07) is 10.9. The SMILES string of the molecule is Cc1cc(N(C)C)nc(N2CCN(C(=O)c3cccc(C#N)c3)CC2)n1. The topological polar surface area (TPSA) is 76.4 Å². The van der Waals surface area contributed by atoms with Crippen molar-refractivity contribution < 1.29 is 4.79 Å². The van der Waals surface area contributed by atoms with Crippen LogP contribution in [0.4, 0.5) is 11.8 Å². The summed E-state index contributed by atoms with van der Waals surface area (Å²) in [5.74, 6) is 1.53. The fourth-order valence-corrected chi connectivity index (χ4v) is 2.92. The van der Waals surface area contributed by atoms with Crippen LogP contribution in [0, 0.1) is 18.3 Å². The van der Waals surface area contributed by atoms with Crippen LogP contribution in [0.15, 0.2) is 30.3 Å². The summed E-state index contributed by atoms with van der Waals surface area (Å²) in [5.41, 5.74) is 1.98. The third-order valence-electron chi connectivity index (χ3n) is 4.38. The first-order valence-electron chi connectivity index (χ1n) is 8.55. The van der Waals surface area contributed by atoms with Gasteiger partial charge in [-0.25, -0.2) is 4.98 Å².